The minimum absolute atomic E-state index is 0.248. The first-order valence-corrected chi connectivity index (χ1v) is 9.35. The van der Waals surface area contributed by atoms with E-state index in [-0.39, 0.29) is 13.0 Å². The van der Waals surface area contributed by atoms with Gasteiger partial charge >= 0.3 is 5.69 Å². The van der Waals surface area contributed by atoms with Gasteiger partial charge in [0.2, 0.25) is 0 Å². The molecule has 1 aromatic heterocycles. The average Bonchev–Trinajstić information content (AvgIpc) is 3.14. The van der Waals surface area contributed by atoms with Gasteiger partial charge in [0.25, 0.3) is 5.56 Å². The Morgan fingerprint density at radius 3 is 2.70 bits per heavy atom. The molecule has 0 aliphatic carbocycles. The Morgan fingerprint density at radius 1 is 1.33 bits per heavy atom. The SMILES string of the molecule is Cc1cn([C@@H]2C[C@@]3(c4ccc(Br)cc4)O[C@H](CO)[C@@H](O)[C@H]3O2)c(=O)[nH]c1=O. The Hall–Kier alpha value is -1.78. The molecule has 0 saturated carbocycles. The minimum atomic E-state index is -1.05. The van der Waals surface area contributed by atoms with Gasteiger partial charge < -0.3 is 19.7 Å². The summed E-state index contributed by atoms with van der Waals surface area (Å²) in [6.45, 7) is 1.25. The molecular weight excluding hydrogens is 420 g/mol. The summed E-state index contributed by atoms with van der Waals surface area (Å²) in [4.78, 5) is 26.2. The van der Waals surface area contributed by atoms with Crippen molar-refractivity contribution in [2.45, 2.75) is 43.5 Å². The number of hydrogen-bond donors (Lipinski definition) is 3. The Balaban J connectivity index is 1.78. The van der Waals surface area contributed by atoms with Gasteiger partial charge in [0.15, 0.2) is 0 Å². The number of nitrogens with one attached hydrogen (secondary N) is 1. The number of aromatic amines is 1. The van der Waals surface area contributed by atoms with E-state index >= 15 is 0 Å². The summed E-state index contributed by atoms with van der Waals surface area (Å²) in [6, 6.07) is 7.42. The van der Waals surface area contributed by atoms with Crippen molar-refractivity contribution in [1.82, 2.24) is 9.55 Å². The lowest BCUT2D eigenvalue weighted by molar-refractivity contribution is -0.0810. The standard InChI is InChI=1S/C18H19BrN2O6/c1-9-7-21(17(25)20-16(9)24)13-6-18(10-2-4-11(19)5-3-10)15(26-13)14(23)12(8-22)27-18/h2-5,7,12-15,22-23H,6,8H2,1H3,(H,20,24,25)/t12-,13+,14-,15-,18+/m1/s1. The van der Waals surface area contributed by atoms with Crippen molar-refractivity contribution in [2.75, 3.05) is 6.61 Å². The number of aryl methyl sites for hydroxylation is 1. The number of halogens is 1. The predicted molar refractivity (Wildman–Crippen MR) is 98.4 cm³/mol. The van der Waals surface area contributed by atoms with Crippen molar-refractivity contribution in [3.05, 3.63) is 66.9 Å². The molecule has 2 saturated heterocycles. The zero-order valence-corrected chi connectivity index (χ0v) is 16.0. The summed E-state index contributed by atoms with van der Waals surface area (Å²) < 4.78 is 14.3. The first-order valence-electron chi connectivity index (χ1n) is 8.56. The normalized spacial score (nSPS) is 32.6. The van der Waals surface area contributed by atoms with Crippen molar-refractivity contribution >= 4 is 15.9 Å². The molecule has 0 spiro atoms. The van der Waals surface area contributed by atoms with Crippen LogP contribution in [0.5, 0.6) is 0 Å². The number of rotatable bonds is 3. The molecule has 9 heteroatoms. The molecule has 2 fully saturated rings. The van der Waals surface area contributed by atoms with Crippen LogP contribution >= 0.6 is 15.9 Å². The highest BCUT2D eigenvalue weighted by atomic mass is 79.9. The first kappa shape index (κ1) is 18.6. The molecule has 4 rings (SSSR count). The summed E-state index contributed by atoms with van der Waals surface area (Å²) in [5.74, 6) is 0. The van der Waals surface area contributed by atoms with Gasteiger partial charge in [0, 0.05) is 22.7 Å². The number of ether oxygens (including phenoxy) is 2. The van der Waals surface area contributed by atoms with Crippen LogP contribution in [0.2, 0.25) is 0 Å². The Bertz CT molecular complexity index is 971. The highest BCUT2D eigenvalue weighted by Gasteiger charge is 2.62. The number of aromatic nitrogens is 2. The lowest BCUT2D eigenvalue weighted by atomic mass is 9.86. The van der Waals surface area contributed by atoms with Gasteiger partial charge in [0.1, 0.15) is 30.1 Å². The van der Waals surface area contributed by atoms with Crippen molar-refractivity contribution < 1.29 is 19.7 Å². The van der Waals surface area contributed by atoms with Crippen LogP contribution < -0.4 is 11.2 Å². The molecule has 2 aliphatic rings. The molecular formula is C18H19BrN2O6. The van der Waals surface area contributed by atoms with E-state index in [0.717, 1.165) is 10.0 Å². The van der Waals surface area contributed by atoms with Crippen LogP contribution in [0.1, 0.15) is 23.8 Å². The first-order chi connectivity index (χ1) is 12.9. The third-order valence-electron chi connectivity index (χ3n) is 5.26. The quantitative estimate of drug-likeness (QED) is 0.644. The number of aliphatic hydroxyl groups is 2. The maximum atomic E-state index is 12.3. The average molecular weight is 439 g/mol. The molecule has 0 unspecified atom stereocenters. The fourth-order valence-corrected chi connectivity index (χ4v) is 4.16. The monoisotopic (exact) mass is 438 g/mol. The third kappa shape index (κ3) is 2.90. The van der Waals surface area contributed by atoms with E-state index in [0.29, 0.717) is 5.56 Å². The zero-order valence-electron chi connectivity index (χ0n) is 14.5. The number of benzene rings is 1. The van der Waals surface area contributed by atoms with Crippen molar-refractivity contribution in [3.8, 4) is 0 Å². The summed E-state index contributed by atoms with van der Waals surface area (Å²) >= 11 is 3.39. The second-order valence-corrected chi connectivity index (χ2v) is 7.84. The van der Waals surface area contributed by atoms with Crippen molar-refractivity contribution in [3.63, 3.8) is 0 Å². The van der Waals surface area contributed by atoms with Crippen LogP contribution in [0.3, 0.4) is 0 Å². The highest BCUT2D eigenvalue weighted by Crippen LogP contribution is 2.52. The van der Waals surface area contributed by atoms with Gasteiger partial charge in [-0.3, -0.25) is 14.3 Å². The number of nitrogens with zero attached hydrogens (tertiary/aromatic N) is 1. The van der Waals surface area contributed by atoms with Crippen LogP contribution in [0.4, 0.5) is 0 Å². The Morgan fingerprint density at radius 2 is 2.04 bits per heavy atom. The van der Waals surface area contributed by atoms with Crippen LogP contribution in [-0.2, 0) is 15.1 Å². The maximum absolute atomic E-state index is 12.3. The number of H-pyrrole nitrogens is 1. The molecule has 8 nitrogen and oxygen atoms in total. The number of aliphatic hydroxyl groups excluding tert-OH is 2. The van der Waals surface area contributed by atoms with Crippen molar-refractivity contribution in [2.24, 2.45) is 0 Å². The fourth-order valence-electron chi connectivity index (χ4n) is 3.90. The van der Waals surface area contributed by atoms with Crippen molar-refractivity contribution in [1.29, 1.82) is 0 Å². The van der Waals surface area contributed by atoms with Gasteiger partial charge in [-0.15, -0.1) is 0 Å². The molecule has 3 N–H and O–H groups in total. The van der Waals surface area contributed by atoms with E-state index in [9.17, 15) is 19.8 Å². The molecule has 3 heterocycles. The van der Waals surface area contributed by atoms with E-state index in [1.165, 1.54) is 10.8 Å². The lowest BCUT2D eigenvalue weighted by Gasteiger charge is -2.28. The second-order valence-electron chi connectivity index (χ2n) is 6.92. The lowest BCUT2D eigenvalue weighted by Crippen LogP contribution is -2.37. The van der Waals surface area contributed by atoms with E-state index in [1.807, 2.05) is 24.3 Å². The van der Waals surface area contributed by atoms with Gasteiger partial charge in [-0.05, 0) is 24.6 Å². The molecule has 0 bridgehead atoms. The Kier molecular flexibility index (Phi) is 4.59. The van der Waals surface area contributed by atoms with Gasteiger partial charge in [-0.1, -0.05) is 28.1 Å². The number of fused-ring (bicyclic) bond motifs is 1. The molecule has 1 aromatic carbocycles. The molecule has 2 aliphatic heterocycles. The van der Waals surface area contributed by atoms with Gasteiger partial charge in [-0.2, -0.15) is 0 Å². The molecule has 5 atom stereocenters. The van der Waals surface area contributed by atoms with E-state index in [2.05, 4.69) is 20.9 Å². The highest BCUT2D eigenvalue weighted by molar-refractivity contribution is 9.10. The van der Waals surface area contributed by atoms with E-state index < -0.39 is 41.4 Å². The van der Waals surface area contributed by atoms with E-state index in [1.54, 1.807) is 6.92 Å². The van der Waals surface area contributed by atoms with Gasteiger partial charge in [0.05, 0.1) is 6.61 Å². The summed E-state index contributed by atoms with van der Waals surface area (Å²) in [6.07, 6.45) is -1.64. The largest absolute Gasteiger partial charge is 0.394 e. The van der Waals surface area contributed by atoms with E-state index in [4.69, 9.17) is 9.47 Å². The summed E-state index contributed by atoms with van der Waals surface area (Å²) in [5, 5.41) is 20.2. The van der Waals surface area contributed by atoms with Crippen LogP contribution in [0, 0.1) is 6.92 Å². The molecule has 27 heavy (non-hydrogen) atoms. The summed E-state index contributed by atoms with van der Waals surface area (Å²) in [7, 11) is 0. The number of hydrogen-bond acceptors (Lipinski definition) is 6. The van der Waals surface area contributed by atoms with Crippen LogP contribution in [-0.4, -0.2) is 44.7 Å². The molecule has 144 valence electrons. The topological polar surface area (TPSA) is 114 Å². The van der Waals surface area contributed by atoms with Gasteiger partial charge in [-0.25, -0.2) is 4.79 Å². The summed E-state index contributed by atoms with van der Waals surface area (Å²) in [5.41, 5.74) is -0.893. The Labute approximate surface area is 162 Å². The zero-order chi connectivity index (χ0) is 19.3. The predicted octanol–water partition coefficient (Wildman–Crippen LogP) is 0.543. The fraction of sp³-hybridized carbons (Fsp3) is 0.444. The minimum Gasteiger partial charge on any atom is -0.394 e. The second kappa shape index (κ2) is 6.68. The smallest absolute Gasteiger partial charge is 0.330 e. The maximum Gasteiger partial charge on any atom is 0.330 e. The molecule has 0 amide bonds. The van der Waals surface area contributed by atoms with Crippen LogP contribution in [0.15, 0.2) is 44.5 Å². The third-order valence-corrected chi connectivity index (χ3v) is 5.79. The van der Waals surface area contributed by atoms with Crippen LogP contribution in [0.25, 0.3) is 0 Å². The molecule has 2 aromatic rings. The molecule has 0 radical (unpaired) electrons.